The summed E-state index contributed by atoms with van der Waals surface area (Å²) in [5.74, 6) is 1.31. The molecule has 0 bridgehead atoms. The van der Waals surface area contributed by atoms with Crippen LogP contribution in [0.4, 0.5) is 17.5 Å². The Kier molecular flexibility index (Phi) is 6.40. The fraction of sp³-hybridized carbons (Fsp3) is 0.211. The first-order valence-electron chi connectivity index (χ1n) is 8.34. The van der Waals surface area contributed by atoms with E-state index in [-0.39, 0.29) is 6.61 Å². The third-order valence-corrected chi connectivity index (χ3v) is 4.40. The number of thioether (sulfide) groups is 1. The van der Waals surface area contributed by atoms with E-state index >= 15 is 0 Å². The van der Waals surface area contributed by atoms with Gasteiger partial charge in [-0.15, -0.1) is 11.8 Å². The molecule has 0 unspecified atom stereocenters. The van der Waals surface area contributed by atoms with Crippen LogP contribution in [-0.4, -0.2) is 39.5 Å². The highest BCUT2D eigenvalue weighted by Gasteiger charge is 2.05. The zero-order chi connectivity index (χ0) is 18.2. The Morgan fingerprint density at radius 1 is 1.08 bits per heavy atom. The van der Waals surface area contributed by atoms with Crippen molar-refractivity contribution in [1.82, 2.24) is 15.0 Å². The number of rotatable bonds is 8. The molecule has 3 aromatic rings. The molecule has 0 aliphatic heterocycles. The molecule has 0 amide bonds. The number of nitrogens with one attached hydrogen (secondary N) is 2. The first-order valence-corrected chi connectivity index (χ1v) is 9.56. The van der Waals surface area contributed by atoms with Crippen molar-refractivity contribution in [2.45, 2.75) is 11.3 Å². The Labute approximate surface area is 157 Å². The van der Waals surface area contributed by atoms with Gasteiger partial charge >= 0.3 is 0 Å². The molecule has 0 fully saturated rings. The number of benzene rings is 1. The van der Waals surface area contributed by atoms with Gasteiger partial charge in [-0.05, 0) is 49.1 Å². The lowest BCUT2D eigenvalue weighted by atomic mass is 10.2. The molecule has 3 rings (SSSR count). The van der Waals surface area contributed by atoms with E-state index in [0.717, 1.165) is 22.8 Å². The van der Waals surface area contributed by atoms with Gasteiger partial charge in [-0.3, -0.25) is 0 Å². The lowest BCUT2D eigenvalue weighted by molar-refractivity contribution is 0.292. The van der Waals surface area contributed by atoms with Crippen LogP contribution in [0.2, 0.25) is 0 Å². The van der Waals surface area contributed by atoms with Gasteiger partial charge in [0.25, 0.3) is 0 Å². The highest BCUT2D eigenvalue weighted by atomic mass is 32.2. The van der Waals surface area contributed by atoms with E-state index in [9.17, 15) is 0 Å². The molecular formula is C19H21N5OS. The molecule has 26 heavy (non-hydrogen) atoms. The predicted molar refractivity (Wildman–Crippen MR) is 107 cm³/mol. The Morgan fingerprint density at radius 3 is 2.81 bits per heavy atom. The molecule has 2 aromatic heterocycles. The van der Waals surface area contributed by atoms with Gasteiger partial charge in [0, 0.05) is 41.7 Å². The molecule has 0 atom stereocenters. The van der Waals surface area contributed by atoms with Crippen LogP contribution in [0.15, 0.2) is 59.8 Å². The van der Waals surface area contributed by atoms with Crippen molar-refractivity contribution >= 4 is 29.2 Å². The molecule has 7 heteroatoms. The van der Waals surface area contributed by atoms with Gasteiger partial charge in [0.2, 0.25) is 5.95 Å². The summed E-state index contributed by atoms with van der Waals surface area (Å²) in [5.41, 5.74) is 2.72. The van der Waals surface area contributed by atoms with Crippen LogP contribution < -0.4 is 10.6 Å². The zero-order valence-corrected chi connectivity index (χ0v) is 15.3. The minimum Gasteiger partial charge on any atom is -0.396 e. The maximum absolute atomic E-state index is 8.88. The number of anilines is 3. The second-order valence-electron chi connectivity index (χ2n) is 5.56. The first kappa shape index (κ1) is 18.2. The second-order valence-corrected chi connectivity index (χ2v) is 6.44. The molecule has 3 N–H and O–H groups in total. The van der Waals surface area contributed by atoms with Crippen molar-refractivity contribution in [3.05, 3.63) is 54.9 Å². The molecule has 0 saturated carbocycles. The molecular weight excluding hydrogens is 346 g/mol. The van der Waals surface area contributed by atoms with Gasteiger partial charge in [0.15, 0.2) is 0 Å². The Morgan fingerprint density at radius 2 is 1.96 bits per heavy atom. The third kappa shape index (κ3) is 4.93. The summed E-state index contributed by atoms with van der Waals surface area (Å²) in [6, 6.07) is 13.9. The molecule has 2 heterocycles. The highest BCUT2D eigenvalue weighted by molar-refractivity contribution is 7.98. The molecule has 134 valence electrons. The maximum Gasteiger partial charge on any atom is 0.227 e. The van der Waals surface area contributed by atoms with Crippen molar-refractivity contribution < 1.29 is 5.11 Å². The topological polar surface area (TPSA) is 83.0 Å². The first-order chi connectivity index (χ1) is 12.8. The molecule has 0 radical (unpaired) electrons. The van der Waals surface area contributed by atoms with Gasteiger partial charge in [0.1, 0.15) is 5.82 Å². The number of nitrogens with zero attached hydrogens (tertiary/aromatic N) is 3. The summed E-state index contributed by atoms with van der Waals surface area (Å²) in [6.07, 6.45) is 6.21. The number of hydrogen-bond acceptors (Lipinski definition) is 7. The largest absolute Gasteiger partial charge is 0.396 e. The van der Waals surface area contributed by atoms with Crippen LogP contribution in [0, 0.1) is 0 Å². The van der Waals surface area contributed by atoms with E-state index in [1.165, 1.54) is 4.90 Å². The van der Waals surface area contributed by atoms with E-state index in [2.05, 4.69) is 37.7 Å². The SMILES string of the molecule is CSc1cccc(Nc2nccc(-c3ccnc(NCCCO)c3)n2)c1. The highest BCUT2D eigenvalue weighted by Crippen LogP contribution is 2.23. The maximum atomic E-state index is 8.88. The van der Waals surface area contributed by atoms with Crippen LogP contribution in [0.25, 0.3) is 11.3 Å². The van der Waals surface area contributed by atoms with Gasteiger partial charge in [0.05, 0.1) is 5.69 Å². The van der Waals surface area contributed by atoms with Crippen molar-refractivity contribution in [1.29, 1.82) is 0 Å². The summed E-state index contributed by atoms with van der Waals surface area (Å²) in [7, 11) is 0. The van der Waals surface area contributed by atoms with E-state index in [1.807, 2.05) is 36.6 Å². The number of aliphatic hydroxyl groups is 1. The van der Waals surface area contributed by atoms with E-state index < -0.39 is 0 Å². The van der Waals surface area contributed by atoms with E-state index in [1.54, 1.807) is 24.2 Å². The van der Waals surface area contributed by atoms with Crippen LogP contribution in [-0.2, 0) is 0 Å². The molecule has 6 nitrogen and oxygen atoms in total. The van der Waals surface area contributed by atoms with Crippen molar-refractivity contribution in [3.8, 4) is 11.3 Å². The summed E-state index contributed by atoms with van der Waals surface area (Å²) >= 11 is 1.69. The smallest absolute Gasteiger partial charge is 0.227 e. The fourth-order valence-corrected chi connectivity index (χ4v) is 2.85. The number of pyridine rings is 1. The minimum absolute atomic E-state index is 0.158. The summed E-state index contributed by atoms with van der Waals surface area (Å²) < 4.78 is 0. The lowest BCUT2D eigenvalue weighted by Crippen LogP contribution is -2.05. The second kappa shape index (κ2) is 9.17. The Hall–Kier alpha value is -2.64. The number of hydrogen-bond donors (Lipinski definition) is 3. The van der Waals surface area contributed by atoms with E-state index in [4.69, 9.17) is 5.11 Å². The van der Waals surface area contributed by atoms with Crippen LogP contribution >= 0.6 is 11.8 Å². The average molecular weight is 367 g/mol. The van der Waals surface area contributed by atoms with Gasteiger partial charge in [-0.2, -0.15) is 0 Å². The van der Waals surface area contributed by atoms with E-state index in [0.29, 0.717) is 18.9 Å². The number of aromatic nitrogens is 3. The minimum atomic E-state index is 0.158. The van der Waals surface area contributed by atoms with Crippen LogP contribution in [0.1, 0.15) is 6.42 Å². The third-order valence-electron chi connectivity index (χ3n) is 3.68. The summed E-state index contributed by atoms with van der Waals surface area (Å²) in [4.78, 5) is 14.4. The molecule has 0 saturated heterocycles. The van der Waals surface area contributed by atoms with Gasteiger partial charge in [-0.25, -0.2) is 15.0 Å². The standard InChI is InChI=1S/C19H21N5OS/c1-26-16-5-2-4-15(13-16)23-19-22-10-7-17(24-19)14-6-9-21-18(12-14)20-8-3-11-25/h2,4-7,9-10,12-13,25H,3,8,11H2,1H3,(H,20,21)(H,22,23,24). The summed E-state index contributed by atoms with van der Waals surface area (Å²) in [6.45, 7) is 0.834. The molecule has 0 aliphatic carbocycles. The monoisotopic (exact) mass is 367 g/mol. The Bertz CT molecular complexity index is 859. The quantitative estimate of drug-likeness (QED) is 0.412. The normalized spacial score (nSPS) is 10.5. The fourth-order valence-electron chi connectivity index (χ4n) is 2.39. The van der Waals surface area contributed by atoms with Gasteiger partial charge < -0.3 is 15.7 Å². The molecule has 1 aromatic carbocycles. The Balaban J connectivity index is 1.77. The molecule has 0 spiro atoms. The van der Waals surface area contributed by atoms with Crippen molar-refractivity contribution in [3.63, 3.8) is 0 Å². The lowest BCUT2D eigenvalue weighted by Gasteiger charge is -2.09. The zero-order valence-electron chi connectivity index (χ0n) is 14.5. The predicted octanol–water partition coefficient (Wildman–Crippen LogP) is 3.80. The summed E-state index contributed by atoms with van der Waals surface area (Å²) in [5, 5.41) is 15.3. The van der Waals surface area contributed by atoms with Crippen LogP contribution in [0.3, 0.4) is 0 Å². The van der Waals surface area contributed by atoms with Crippen LogP contribution in [0.5, 0.6) is 0 Å². The average Bonchev–Trinajstić information content (AvgIpc) is 2.69. The van der Waals surface area contributed by atoms with Crippen molar-refractivity contribution in [2.75, 3.05) is 30.0 Å². The van der Waals surface area contributed by atoms with Crippen molar-refractivity contribution in [2.24, 2.45) is 0 Å². The number of aliphatic hydroxyl groups excluding tert-OH is 1. The molecule has 0 aliphatic rings. The van der Waals surface area contributed by atoms with Gasteiger partial charge in [-0.1, -0.05) is 6.07 Å².